The molecule has 6 aliphatic rings. The first-order chi connectivity index (χ1) is 62.8. The van der Waals surface area contributed by atoms with E-state index in [1.807, 2.05) is 102 Å². The Morgan fingerprint density at radius 3 is 0.667 bits per heavy atom. The van der Waals surface area contributed by atoms with Gasteiger partial charge in [0, 0.05) is 199 Å². The number of hydrogen-bond donors (Lipinski definition) is 0. The lowest BCUT2D eigenvalue weighted by Gasteiger charge is -2.44. The summed E-state index contributed by atoms with van der Waals surface area (Å²) in [6.45, 7) is 43.4. The summed E-state index contributed by atoms with van der Waals surface area (Å²) in [7, 11) is 0. The van der Waals surface area contributed by atoms with E-state index in [9.17, 15) is 0 Å². The lowest BCUT2D eigenvalue weighted by molar-refractivity contribution is 0.0635. The first-order valence-corrected chi connectivity index (χ1v) is 46.2. The number of ether oxygens (including phenoxy) is 3. The van der Waals surface area contributed by atoms with E-state index in [1.54, 1.807) is 0 Å². The molecule has 3 aromatic heterocycles. The highest BCUT2D eigenvalue weighted by Gasteiger charge is 2.60. The van der Waals surface area contributed by atoms with Gasteiger partial charge in [-0.3, -0.25) is 14.4 Å². The zero-order valence-electron chi connectivity index (χ0n) is 76.8. The Labute approximate surface area is 755 Å². The second-order valence-corrected chi connectivity index (χ2v) is 34.4. The number of carbonyl (C=O) groups is 3. The van der Waals surface area contributed by atoms with Crippen LogP contribution in [0.25, 0.3) is 0 Å². The van der Waals surface area contributed by atoms with Gasteiger partial charge >= 0.3 is 0 Å². The zero-order chi connectivity index (χ0) is 89.6. The highest BCUT2D eigenvalue weighted by Crippen LogP contribution is 2.63. The van der Waals surface area contributed by atoms with Crippen molar-refractivity contribution in [1.29, 1.82) is 0 Å². The molecule has 129 heavy (non-hydrogen) atoms. The Morgan fingerprint density at radius 2 is 0.465 bits per heavy atom. The van der Waals surface area contributed by atoms with Gasteiger partial charge in [-0.05, 0) is 209 Å². The lowest BCUT2D eigenvalue weighted by atomic mass is 9.74. The molecule has 6 aliphatic heterocycles. The van der Waals surface area contributed by atoms with Gasteiger partial charge in [-0.15, -0.1) is 15.3 Å². The molecule has 0 unspecified atom stereocenters. The molecule has 0 N–H and O–H groups in total. The van der Waals surface area contributed by atoms with Crippen molar-refractivity contribution in [2.75, 3.05) is 108 Å². The maximum Gasteiger partial charge on any atom is 0.255 e. The number of nitrogens with zero attached hydrogens (tertiary/aromatic N) is 18. The Balaban J connectivity index is 0.708. The third-order valence-electron chi connectivity index (χ3n) is 28.5. The number of anilines is 6. The maximum atomic E-state index is 15.8. The molecule has 9 heterocycles. The van der Waals surface area contributed by atoms with Crippen LogP contribution >= 0.6 is 0 Å². The number of amides is 3. The third-order valence-corrected chi connectivity index (χ3v) is 28.5. The van der Waals surface area contributed by atoms with Gasteiger partial charge in [-0.25, -0.2) is 14.0 Å². The molecule has 0 saturated heterocycles. The van der Waals surface area contributed by atoms with Crippen LogP contribution in [0, 0.1) is 20.8 Å². The van der Waals surface area contributed by atoms with E-state index in [0.29, 0.717) is 87.9 Å². The minimum absolute atomic E-state index is 0.115. The van der Waals surface area contributed by atoms with Crippen molar-refractivity contribution in [2.45, 2.75) is 160 Å². The highest BCUT2D eigenvalue weighted by molar-refractivity contribution is 6.05. The third kappa shape index (κ3) is 13.4. The molecule has 3 amide bonds. The predicted octanol–water partition coefficient (Wildman–Crippen LogP) is 18.8. The van der Waals surface area contributed by atoms with Gasteiger partial charge in [0.2, 0.25) is 0 Å². The lowest BCUT2D eigenvalue weighted by Crippen LogP contribution is -2.47. The number of rotatable bonds is 30. The van der Waals surface area contributed by atoms with E-state index in [1.165, 1.54) is 0 Å². The molecule has 0 atom stereocenters. The summed E-state index contributed by atoms with van der Waals surface area (Å²) in [5.74, 6) is 3.76. The van der Waals surface area contributed by atoms with Gasteiger partial charge < -0.3 is 58.3 Å². The van der Waals surface area contributed by atoms with Crippen LogP contribution in [0.4, 0.5) is 34.1 Å². The normalized spacial score (nSPS) is 14.6. The van der Waals surface area contributed by atoms with Crippen molar-refractivity contribution in [3.05, 3.63) is 318 Å². The minimum Gasteiger partial charge on any atom is -0.456 e. The largest absolute Gasteiger partial charge is 0.456 e. The summed E-state index contributed by atoms with van der Waals surface area (Å²) in [6.07, 6.45) is 5.93. The summed E-state index contributed by atoms with van der Waals surface area (Å²) >= 11 is 0. The van der Waals surface area contributed by atoms with Crippen LogP contribution in [-0.4, -0.2) is 156 Å². The van der Waals surface area contributed by atoms with Crippen molar-refractivity contribution < 1.29 is 28.6 Å². The first-order valence-electron chi connectivity index (χ1n) is 46.2. The highest BCUT2D eigenvalue weighted by atomic mass is 16.5. The van der Waals surface area contributed by atoms with E-state index < -0.39 is 16.6 Å². The summed E-state index contributed by atoms with van der Waals surface area (Å²) in [5, 5.41) is 30.0. The standard InChI is InChI=1S/C105H114N18O6/c1-16-112(17-2)73-40-46-88-94(52-73)127-95-53-74(113(18-3)19-4)41-47-89(95)103(88)85-37-31-28-34-79(85)100(124)121(103)61-70-58-118(109-106-70)64-82-67(13)83(65-119-59-71(107-110-119)62-122-101(125)80-35-29-32-38-86(80)104(122)90-48-42-75(114(20-5)21-6)54-96(90)128-97-55-76(43-49-91(97)104)115(22-7)23-8)69(15)84(68(82)14)66-120-60-72(108-111-120)63-123-102(126)81-36-30-33-39-87(81)105(123)92-50-44-77(116(24-9)25-10)56-98(92)129-99-57-78(45-51-93(99)105)117(26-11)27-12/h28-60H,16-27,61-66H2,1-15H3. The predicted molar refractivity (Wildman–Crippen MR) is 507 cm³/mol. The number of aromatic nitrogens is 9. The molecule has 0 bridgehead atoms. The van der Waals surface area contributed by atoms with Gasteiger partial charge in [-0.2, -0.15) is 0 Å². The van der Waals surface area contributed by atoms with Crippen LogP contribution in [-0.2, 0) is 55.9 Å². The van der Waals surface area contributed by atoms with Gasteiger partial charge in [-0.1, -0.05) is 107 Å². The maximum absolute atomic E-state index is 15.8. The zero-order valence-corrected chi connectivity index (χ0v) is 76.8. The minimum atomic E-state index is -1.12. The van der Waals surface area contributed by atoms with Crippen LogP contribution in [0.3, 0.4) is 0 Å². The molecule has 24 nitrogen and oxygen atoms in total. The number of fused-ring (bicyclic) bond motifs is 18. The molecule has 10 aromatic carbocycles. The monoisotopic (exact) mass is 1720 g/mol. The van der Waals surface area contributed by atoms with E-state index in [4.69, 9.17) is 45.1 Å². The molecule has 0 radical (unpaired) electrons. The van der Waals surface area contributed by atoms with Gasteiger partial charge in [0.1, 0.15) is 68.2 Å². The molecular weight excluding hydrogens is 1610 g/mol. The Bertz CT molecular complexity index is 5720. The molecule has 24 heteroatoms. The Morgan fingerprint density at radius 1 is 0.264 bits per heavy atom. The molecular formula is C105H114N18O6. The summed E-state index contributed by atoms with van der Waals surface area (Å²) in [5.41, 5.74) is 20.4. The fraction of sp³-hybridized carbons (Fsp3) is 0.343. The van der Waals surface area contributed by atoms with Crippen LogP contribution in [0.15, 0.2) is 201 Å². The van der Waals surface area contributed by atoms with Gasteiger partial charge in [0.05, 0.1) is 57.9 Å². The fourth-order valence-corrected chi connectivity index (χ4v) is 22.0. The summed E-state index contributed by atoms with van der Waals surface area (Å²) < 4.78 is 27.0. The molecule has 0 saturated carbocycles. The molecule has 0 fully saturated rings. The van der Waals surface area contributed by atoms with Crippen LogP contribution in [0.1, 0.15) is 215 Å². The topological polar surface area (TPSA) is 200 Å². The first kappa shape index (κ1) is 84.7. The van der Waals surface area contributed by atoms with E-state index in [0.717, 1.165) is 196 Å². The quantitative estimate of drug-likeness (QED) is 0.0411. The number of carbonyl (C=O) groups excluding carboxylic acids is 3. The number of hydrogen-bond acceptors (Lipinski definition) is 18. The van der Waals surface area contributed by atoms with Crippen molar-refractivity contribution in [1.82, 2.24) is 59.7 Å². The van der Waals surface area contributed by atoms with E-state index >= 15 is 14.4 Å². The molecule has 19 rings (SSSR count). The smallest absolute Gasteiger partial charge is 0.255 e. The van der Waals surface area contributed by atoms with Crippen LogP contribution < -0.4 is 43.6 Å². The Hall–Kier alpha value is -13.8. The van der Waals surface area contributed by atoms with Crippen molar-refractivity contribution >= 4 is 51.8 Å². The van der Waals surface area contributed by atoms with E-state index in [-0.39, 0.29) is 37.4 Å². The van der Waals surface area contributed by atoms with Crippen LogP contribution in [0.5, 0.6) is 34.5 Å². The molecule has 0 aliphatic carbocycles. The molecule has 660 valence electrons. The van der Waals surface area contributed by atoms with Crippen molar-refractivity contribution in [3.63, 3.8) is 0 Å². The van der Waals surface area contributed by atoms with Crippen molar-refractivity contribution in [3.8, 4) is 34.5 Å². The second kappa shape index (κ2) is 33.8. The van der Waals surface area contributed by atoms with Gasteiger partial charge in [0.25, 0.3) is 17.7 Å². The van der Waals surface area contributed by atoms with Crippen molar-refractivity contribution in [2.24, 2.45) is 0 Å². The summed E-state index contributed by atoms with van der Waals surface area (Å²) in [4.78, 5) is 67.1. The number of benzene rings is 10. The van der Waals surface area contributed by atoms with Gasteiger partial charge in [0.15, 0.2) is 0 Å². The molecule has 13 aromatic rings. The average Bonchev–Trinajstić information content (AvgIpc) is 1.51. The average molecular weight is 1720 g/mol. The SMILES string of the molecule is CCN(CC)c1ccc2c(c1)Oc1cc(N(CC)CC)ccc1C21c2ccccc2C(=O)N1Cc1cn(Cc2c(C)c(Cn3cc(CN4C(=O)c5ccccc5C45c4ccc(N(CC)CC)cc4Oc4cc(N(CC)CC)ccc45)nn3)c(C)c(Cn3cc(CN4C(=O)c5ccccc5C45c4ccc(N(CC)CC)cc4Oc4cc(N(CC)CC)ccc45)nn3)c2C)nn1. The molecule has 3 spiro atoms. The fourth-order valence-electron chi connectivity index (χ4n) is 22.0. The van der Waals surface area contributed by atoms with Crippen LogP contribution in [0.2, 0.25) is 0 Å². The summed E-state index contributed by atoms with van der Waals surface area (Å²) in [6, 6.07) is 62.7. The Kier molecular flexibility index (Phi) is 22.2. The van der Waals surface area contributed by atoms with E-state index in [2.05, 4.69) is 261 Å². The second-order valence-electron chi connectivity index (χ2n) is 34.4.